The zero-order valence-electron chi connectivity index (χ0n) is 17.4. The van der Waals surface area contributed by atoms with Crippen LogP contribution in [0.2, 0.25) is 0 Å². The van der Waals surface area contributed by atoms with Crippen LogP contribution in [0.25, 0.3) is 10.8 Å². The maximum absolute atomic E-state index is 9.28. The van der Waals surface area contributed by atoms with E-state index in [1.165, 1.54) is 0 Å². The van der Waals surface area contributed by atoms with E-state index >= 15 is 0 Å². The third-order valence-corrected chi connectivity index (χ3v) is 6.57. The minimum Gasteiger partial charge on any atom is -0.493 e. The lowest BCUT2D eigenvalue weighted by atomic mass is 10.0. The smallest absolute Gasteiger partial charge is 0.162 e. The number of ether oxygens (including phenoxy) is 2. The van der Waals surface area contributed by atoms with Crippen LogP contribution in [0, 0.1) is 25.2 Å². The molecule has 1 unspecified atom stereocenters. The summed E-state index contributed by atoms with van der Waals surface area (Å²) >= 11 is 1.91. The van der Waals surface area contributed by atoms with Crippen molar-refractivity contribution in [2.24, 2.45) is 0 Å². The van der Waals surface area contributed by atoms with Crippen molar-refractivity contribution in [1.82, 2.24) is 10.2 Å². The molecule has 1 aliphatic rings. The molecule has 0 amide bonds. The molecular weight excluding hydrogens is 396 g/mol. The van der Waals surface area contributed by atoms with Gasteiger partial charge in [-0.05, 0) is 55.3 Å². The van der Waals surface area contributed by atoms with Crippen LogP contribution in [0.15, 0.2) is 30.3 Å². The Morgan fingerprint density at radius 3 is 2.77 bits per heavy atom. The number of nitrogens with zero attached hydrogens (tertiary/aromatic N) is 3. The highest BCUT2D eigenvalue weighted by Gasteiger charge is 2.20. The molecule has 0 radical (unpaired) electrons. The van der Waals surface area contributed by atoms with Crippen LogP contribution in [0.4, 0.5) is 5.82 Å². The molecule has 1 saturated heterocycles. The van der Waals surface area contributed by atoms with Gasteiger partial charge in [0.1, 0.15) is 6.10 Å². The number of hydrogen-bond donors (Lipinski definition) is 1. The summed E-state index contributed by atoms with van der Waals surface area (Å²) < 4.78 is 11.9. The Bertz CT molecular complexity index is 1120. The Balaban J connectivity index is 1.69. The SMILES string of the molecule is COc1cc2c(C)nnc(NCc3cccc(C#N)c3C)c2cc1OC1CCSC1. The van der Waals surface area contributed by atoms with Gasteiger partial charge < -0.3 is 14.8 Å². The van der Waals surface area contributed by atoms with Gasteiger partial charge in [0, 0.05) is 23.1 Å². The van der Waals surface area contributed by atoms with Crippen molar-refractivity contribution in [3.63, 3.8) is 0 Å². The van der Waals surface area contributed by atoms with Gasteiger partial charge in [0.2, 0.25) is 0 Å². The molecule has 0 spiro atoms. The molecule has 1 aromatic heterocycles. The lowest BCUT2D eigenvalue weighted by molar-refractivity contribution is 0.219. The fraction of sp³-hybridized carbons (Fsp3) is 0.348. The minimum atomic E-state index is 0.199. The standard InChI is InChI=1S/C23H24N4O2S/c1-14-16(11-24)5-4-6-17(14)12-25-23-20-10-22(29-18-7-8-30-13-18)21(28-3)9-19(20)15(2)26-27-23/h4-6,9-10,18H,7-8,12-13H2,1-3H3,(H,25,27). The summed E-state index contributed by atoms with van der Waals surface area (Å²) in [4.78, 5) is 0. The topological polar surface area (TPSA) is 80.1 Å². The molecule has 7 heteroatoms. The Labute approximate surface area is 180 Å². The van der Waals surface area contributed by atoms with Crippen LogP contribution in [0.3, 0.4) is 0 Å². The molecule has 1 fully saturated rings. The molecule has 2 aromatic carbocycles. The Morgan fingerprint density at radius 2 is 2.03 bits per heavy atom. The molecule has 0 aliphatic carbocycles. The average Bonchev–Trinajstić information content (AvgIpc) is 3.27. The van der Waals surface area contributed by atoms with Gasteiger partial charge in [-0.25, -0.2) is 0 Å². The molecule has 2 heterocycles. The molecular formula is C23H24N4O2S. The highest BCUT2D eigenvalue weighted by atomic mass is 32.2. The van der Waals surface area contributed by atoms with Crippen molar-refractivity contribution >= 4 is 28.4 Å². The van der Waals surface area contributed by atoms with E-state index in [2.05, 4.69) is 21.6 Å². The number of benzene rings is 2. The van der Waals surface area contributed by atoms with E-state index in [1.54, 1.807) is 7.11 Å². The molecule has 3 aromatic rings. The van der Waals surface area contributed by atoms with Gasteiger partial charge in [0.15, 0.2) is 17.3 Å². The zero-order valence-corrected chi connectivity index (χ0v) is 18.2. The van der Waals surface area contributed by atoms with E-state index in [1.807, 2.05) is 55.9 Å². The molecule has 0 bridgehead atoms. The molecule has 1 N–H and O–H groups in total. The van der Waals surface area contributed by atoms with Crippen molar-refractivity contribution in [1.29, 1.82) is 5.26 Å². The number of hydrogen-bond acceptors (Lipinski definition) is 7. The monoisotopic (exact) mass is 420 g/mol. The van der Waals surface area contributed by atoms with Crippen LogP contribution in [0.5, 0.6) is 11.5 Å². The van der Waals surface area contributed by atoms with Gasteiger partial charge in [-0.3, -0.25) is 0 Å². The van der Waals surface area contributed by atoms with E-state index in [4.69, 9.17) is 9.47 Å². The zero-order chi connectivity index (χ0) is 21.1. The Hall–Kier alpha value is -2.98. The van der Waals surface area contributed by atoms with Crippen molar-refractivity contribution in [2.45, 2.75) is 32.9 Å². The summed E-state index contributed by atoms with van der Waals surface area (Å²) in [6.07, 6.45) is 1.24. The first-order valence-electron chi connectivity index (χ1n) is 9.92. The fourth-order valence-corrected chi connectivity index (χ4v) is 4.72. The Morgan fingerprint density at radius 1 is 1.20 bits per heavy atom. The number of nitriles is 1. The highest BCUT2D eigenvalue weighted by molar-refractivity contribution is 7.99. The largest absolute Gasteiger partial charge is 0.493 e. The van der Waals surface area contributed by atoms with Crippen LogP contribution in [0.1, 0.15) is 28.8 Å². The summed E-state index contributed by atoms with van der Waals surface area (Å²) in [5.74, 6) is 4.24. The minimum absolute atomic E-state index is 0.199. The van der Waals surface area contributed by atoms with Gasteiger partial charge in [-0.1, -0.05) is 12.1 Å². The number of aryl methyl sites for hydroxylation is 1. The van der Waals surface area contributed by atoms with Crippen molar-refractivity contribution in [2.75, 3.05) is 23.9 Å². The quantitative estimate of drug-likeness (QED) is 0.623. The lowest BCUT2D eigenvalue weighted by Gasteiger charge is -2.18. The average molecular weight is 421 g/mol. The van der Waals surface area contributed by atoms with E-state index in [9.17, 15) is 5.26 Å². The summed E-state index contributed by atoms with van der Waals surface area (Å²) in [5.41, 5.74) is 3.54. The highest BCUT2D eigenvalue weighted by Crippen LogP contribution is 2.37. The summed E-state index contributed by atoms with van der Waals surface area (Å²) in [5, 5.41) is 23.3. The van der Waals surface area contributed by atoms with Gasteiger partial charge in [0.25, 0.3) is 0 Å². The first kappa shape index (κ1) is 20.3. The number of methoxy groups -OCH3 is 1. The molecule has 154 valence electrons. The maximum Gasteiger partial charge on any atom is 0.162 e. The molecule has 1 atom stereocenters. The van der Waals surface area contributed by atoms with Crippen molar-refractivity contribution < 1.29 is 9.47 Å². The lowest BCUT2D eigenvalue weighted by Crippen LogP contribution is -2.15. The number of nitrogens with one attached hydrogen (secondary N) is 1. The van der Waals surface area contributed by atoms with Crippen LogP contribution >= 0.6 is 11.8 Å². The summed E-state index contributed by atoms with van der Waals surface area (Å²) in [6.45, 7) is 4.45. The van der Waals surface area contributed by atoms with Crippen LogP contribution in [-0.4, -0.2) is 34.9 Å². The van der Waals surface area contributed by atoms with Crippen LogP contribution in [-0.2, 0) is 6.54 Å². The first-order chi connectivity index (χ1) is 14.6. The van der Waals surface area contributed by atoms with Gasteiger partial charge in [0.05, 0.1) is 24.4 Å². The molecule has 1 aliphatic heterocycles. The second-order valence-corrected chi connectivity index (χ2v) is 8.49. The number of rotatable bonds is 6. The predicted octanol–water partition coefficient (Wildman–Crippen LogP) is 4.62. The second kappa shape index (κ2) is 8.80. The summed E-state index contributed by atoms with van der Waals surface area (Å²) in [6, 6.07) is 12.0. The van der Waals surface area contributed by atoms with E-state index in [0.717, 1.165) is 51.3 Å². The second-order valence-electron chi connectivity index (χ2n) is 7.34. The predicted molar refractivity (Wildman–Crippen MR) is 120 cm³/mol. The maximum atomic E-state index is 9.28. The number of anilines is 1. The van der Waals surface area contributed by atoms with Crippen molar-refractivity contribution in [3.8, 4) is 17.6 Å². The molecule has 30 heavy (non-hydrogen) atoms. The summed E-state index contributed by atoms with van der Waals surface area (Å²) in [7, 11) is 1.66. The number of thioether (sulfide) groups is 1. The Kier molecular flexibility index (Phi) is 5.96. The van der Waals surface area contributed by atoms with E-state index in [0.29, 0.717) is 23.7 Å². The van der Waals surface area contributed by atoms with Gasteiger partial charge in [-0.2, -0.15) is 22.1 Å². The third-order valence-electron chi connectivity index (χ3n) is 5.44. The first-order valence-corrected chi connectivity index (χ1v) is 11.1. The van der Waals surface area contributed by atoms with E-state index < -0.39 is 0 Å². The van der Waals surface area contributed by atoms with Gasteiger partial charge in [-0.15, -0.1) is 5.10 Å². The normalized spacial score (nSPS) is 15.7. The van der Waals surface area contributed by atoms with Crippen molar-refractivity contribution in [3.05, 3.63) is 52.7 Å². The van der Waals surface area contributed by atoms with E-state index in [-0.39, 0.29) is 6.10 Å². The number of aromatic nitrogens is 2. The third kappa shape index (κ3) is 4.01. The molecule has 4 rings (SSSR count). The fourth-order valence-electron chi connectivity index (χ4n) is 3.63. The van der Waals surface area contributed by atoms with Gasteiger partial charge >= 0.3 is 0 Å². The molecule has 0 saturated carbocycles. The number of fused-ring (bicyclic) bond motifs is 1. The van der Waals surface area contributed by atoms with Crippen LogP contribution < -0.4 is 14.8 Å². The molecule has 6 nitrogen and oxygen atoms in total.